The quantitative estimate of drug-likeness (QED) is 0.155. The average molecular weight is 967 g/mol. The van der Waals surface area contributed by atoms with Gasteiger partial charge in [0.05, 0.1) is 27.9 Å². The van der Waals surface area contributed by atoms with Crippen LogP contribution >= 0.6 is 0 Å². The van der Waals surface area contributed by atoms with E-state index in [1.165, 1.54) is 117 Å². The van der Waals surface area contributed by atoms with Crippen molar-refractivity contribution in [2.75, 3.05) is 4.90 Å². The molecular weight excluding hydrogens is 917 g/mol. The summed E-state index contributed by atoms with van der Waals surface area (Å²) < 4.78 is 2.48. The summed E-state index contributed by atoms with van der Waals surface area (Å²) in [6.07, 6.45) is 7.37. The molecule has 16 rings (SSSR count). The minimum absolute atomic E-state index is 0.127. The second-order valence-electron chi connectivity index (χ2n) is 21.0. The fourth-order valence-corrected chi connectivity index (χ4v) is 14.4. The molecule has 12 aromatic rings. The number of para-hydroxylation sites is 2. The van der Waals surface area contributed by atoms with E-state index >= 15 is 0 Å². The number of nitrogens with zero attached hydrogens (tertiary/aromatic N) is 2. The van der Waals surface area contributed by atoms with Crippen LogP contribution in [0.5, 0.6) is 0 Å². The highest BCUT2D eigenvalue weighted by molar-refractivity contribution is 6.10. The van der Waals surface area contributed by atoms with E-state index in [1.54, 1.807) is 0 Å². The molecule has 0 fully saturated rings. The minimum Gasteiger partial charge on any atom is -0.333 e. The van der Waals surface area contributed by atoms with Gasteiger partial charge in [0, 0.05) is 33.8 Å². The molecule has 2 heteroatoms. The topological polar surface area (TPSA) is 8.17 Å². The number of hydrogen-bond donors (Lipinski definition) is 0. The molecule has 0 bridgehead atoms. The first-order valence-electron chi connectivity index (χ1n) is 26.7. The molecule has 2 atom stereocenters. The number of allylic oxidation sites excluding steroid dienone is 2. The molecule has 76 heavy (non-hydrogen) atoms. The highest BCUT2D eigenvalue weighted by Crippen LogP contribution is 2.59. The molecule has 0 N–H and O–H groups in total. The Morgan fingerprint density at radius 2 is 0.816 bits per heavy atom. The monoisotopic (exact) mass is 966 g/mol. The van der Waals surface area contributed by atoms with E-state index in [2.05, 4.69) is 301 Å². The van der Waals surface area contributed by atoms with Crippen molar-refractivity contribution in [2.24, 2.45) is 0 Å². The number of hydrogen-bond acceptors (Lipinski definition) is 1. The van der Waals surface area contributed by atoms with Gasteiger partial charge in [-0.1, -0.05) is 243 Å². The molecule has 2 nitrogen and oxygen atoms in total. The fourth-order valence-electron chi connectivity index (χ4n) is 14.4. The Balaban J connectivity index is 0.792. The zero-order chi connectivity index (χ0) is 50.0. The fraction of sp³-hybridized carbons (Fsp3) is 0.0541. The van der Waals surface area contributed by atoms with Gasteiger partial charge in [0.25, 0.3) is 0 Å². The van der Waals surface area contributed by atoms with E-state index in [0.29, 0.717) is 0 Å². The summed E-state index contributed by atoms with van der Waals surface area (Å²) in [7, 11) is 0. The summed E-state index contributed by atoms with van der Waals surface area (Å²) in [5.74, 6) is 0.176. The molecule has 0 radical (unpaired) electrons. The minimum atomic E-state index is -0.439. The highest BCUT2D eigenvalue weighted by atomic mass is 15.2. The molecule has 1 aliphatic heterocycles. The molecule has 0 spiro atoms. The molecule has 2 heterocycles. The van der Waals surface area contributed by atoms with Crippen LogP contribution in [0.25, 0.3) is 55.3 Å². The van der Waals surface area contributed by atoms with Gasteiger partial charge < -0.3 is 9.47 Å². The van der Waals surface area contributed by atoms with Crippen LogP contribution in [-0.4, -0.2) is 10.6 Å². The van der Waals surface area contributed by atoms with E-state index in [9.17, 15) is 0 Å². The molecule has 0 amide bonds. The molecule has 356 valence electrons. The van der Waals surface area contributed by atoms with Gasteiger partial charge in [0.15, 0.2) is 0 Å². The SMILES string of the molecule is C1=CC2C(C=C1c1ccc3c(c1)c1ccccc1n3-c1ccc3c(c1)-c1ccccc1C3(c1ccccc1)c1ccccc1)c1ccccc1N2c1ccc2c(c1)-c1ccccc1C2(c1ccccc1)c1ccccc1. The second kappa shape index (κ2) is 16.5. The van der Waals surface area contributed by atoms with Crippen LogP contribution in [0, 0.1) is 0 Å². The Morgan fingerprint density at radius 1 is 0.342 bits per heavy atom. The maximum absolute atomic E-state index is 2.59. The van der Waals surface area contributed by atoms with Crippen LogP contribution in [0.15, 0.2) is 291 Å². The largest absolute Gasteiger partial charge is 0.333 e. The average Bonchev–Trinajstić information content (AvgIpc) is 4.20. The summed E-state index contributed by atoms with van der Waals surface area (Å²) in [6.45, 7) is 0. The van der Waals surface area contributed by atoms with Gasteiger partial charge in [0.1, 0.15) is 0 Å². The van der Waals surface area contributed by atoms with Gasteiger partial charge in [-0.15, -0.1) is 0 Å². The van der Waals surface area contributed by atoms with Crippen molar-refractivity contribution >= 4 is 38.8 Å². The van der Waals surface area contributed by atoms with E-state index in [-0.39, 0.29) is 12.0 Å². The Kier molecular flexibility index (Phi) is 9.33. The maximum Gasteiger partial charge on any atom is 0.0713 e. The van der Waals surface area contributed by atoms with Crippen molar-refractivity contribution in [3.05, 3.63) is 347 Å². The molecule has 4 aliphatic rings. The van der Waals surface area contributed by atoms with Crippen molar-refractivity contribution in [2.45, 2.75) is 22.8 Å². The summed E-state index contributed by atoms with van der Waals surface area (Å²) in [5.41, 5.74) is 24.6. The third kappa shape index (κ3) is 5.87. The number of rotatable bonds is 7. The zero-order valence-corrected chi connectivity index (χ0v) is 41.8. The number of aromatic nitrogens is 1. The molecular formula is C74H50N2. The van der Waals surface area contributed by atoms with Crippen molar-refractivity contribution < 1.29 is 0 Å². The first kappa shape index (κ1) is 43.0. The number of anilines is 2. The van der Waals surface area contributed by atoms with Crippen LogP contribution < -0.4 is 4.90 Å². The predicted octanol–water partition coefficient (Wildman–Crippen LogP) is 17.8. The van der Waals surface area contributed by atoms with Crippen LogP contribution in [-0.2, 0) is 10.8 Å². The molecule has 0 saturated heterocycles. The standard InChI is InChI=1S/C74H50N2/c1-5-21-51(22-6-1)73(52-23-7-2-8-24-52)65-33-17-13-29-57(65)61-47-55(39-41-67(61)73)75-69-35-19-15-31-59(69)63-45-49(37-43-71(63)75)50-38-44-72-64(46-50)60-32-16-20-36-70(60)76(72)56-40-42-68-62(48-56)58-30-14-18-34-66(58)74(68,53-25-9-3-10-26-53)54-27-11-4-12-28-54/h1-48,63,71H. The van der Waals surface area contributed by atoms with Gasteiger partial charge in [-0.3, -0.25) is 0 Å². The molecule has 0 saturated carbocycles. The van der Waals surface area contributed by atoms with Crippen LogP contribution in [0.3, 0.4) is 0 Å². The van der Waals surface area contributed by atoms with Crippen LogP contribution in [0.1, 0.15) is 61.6 Å². The lowest BCUT2D eigenvalue weighted by Crippen LogP contribution is -2.30. The van der Waals surface area contributed by atoms with E-state index in [4.69, 9.17) is 0 Å². The van der Waals surface area contributed by atoms with Crippen molar-refractivity contribution in [3.63, 3.8) is 0 Å². The summed E-state index contributed by atoms with van der Waals surface area (Å²) in [6, 6.07) is 102. The third-order valence-electron chi connectivity index (χ3n) is 17.5. The molecule has 3 aliphatic carbocycles. The highest BCUT2D eigenvalue weighted by Gasteiger charge is 2.48. The normalized spacial score (nSPS) is 16.9. The van der Waals surface area contributed by atoms with Gasteiger partial charge in [0.2, 0.25) is 0 Å². The number of fused-ring (bicyclic) bond motifs is 12. The Bertz CT molecular complexity index is 4270. The van der Waals surface area contributed by atoms with Crippen molar-refractivity contribution in [1.29, 1.82) is 0 Å². The molecule has 1 aromatic heterocycles. The summed E-state index contributed by atoms with van der Waals surface area (Å²) in [4.78, 5) is 2.59. The Labute approximate surface area is 443 Å². The lowest BCUT2D eigenvalue weighted by atomic mass is 9.68. The molecule has 2 unspecified atom stereocenters. The first-order chi connectivity index (χ1) is 37.7. The lowest BCUT2D eigenvalue weighted by molar-refractivity contribution is 0.745. The van der Waals surface area contributed by atoms with Gasteiger partial charge in [-0.05, 0) is 132 Å². The molecule has 11 aromatic carbocycles. The summed E-state index contributed by atoms with van der Waals surface area (Å²) >= 11 is 0. The van der Waals surface area contributed by atoms with Gasteiger partial charge in [-0.2, -0.15) is 0 Å². The lowest BCUT2D eigenvalue weighted by Gasteiger charge is -2.34. The van der Waals surface area contributed by atoms with E-state index in [1.807, 2.05) is 0 Å². The predicted molar refractivity (Wildman–Crippen MR) is 314 cm³/mol. The summed E-state index contributed by atoms with van der Waals surface area (Å²) in [5, 5.41) is 2.50. The second-order valence-corrected chi connectivity index (χ2v) is 21.0. The smallest absolute Gasteiger partial charge is 0.0713 e. The first-order valence-corrected chi connectivity index (χ1v) is 26.7. The van der Waals surface area contributed by atoms with E-state index < -0.39 is 10.8 Å². The Morgan fingerprint density at radius 3 is 1.42 bits per heavy atom. The zero-order valence-electron chi connectivity index (χ0n) is 41.8. The van der Waals surface area contributed by atoms with Crippen molar-refractivity contribution in [1.82, 2.24) is 4.57 Å². The Hall–Kier alpha value is -9.50. The number of benzene rings is 11. The van der Waals surface area contributed by atoms with Crippen molar-refractivity contribution in [3.8, 4) is 27.9 Å². The maximum atomic E-state index is 2.59. The van der Waals surface area contributed by atoms with E-state index in [0.717, 1.165) is 5.69 Å². The van der Waals surface area contributed by atoms with Gasteiger partial charge >= 0.3 is 0 Å². The van der Waals surface area contributed by atoms with Gasteiger partial charge in [-0.25, -0.2) is 0 Å². The van der Waals surface area contributed by atoms with Crippen LogP contribution in [0.2, 0.25) is 0 Å². The van der Waals surface area contributed by atoms with Crippen LogP contribution in [0.4, 0.5) is 11.4 Å². The third-order valence-corrected chi connectivity index (χ3v) is 17.5.